The van der Waals surface area contributed by atoms with Crippen LogP contribution in [0, 0.1) is 12.3 Å². The lowest BCUT2D eigenvalue weighted by molar-refractivity contribution is -0.137. The first-order chi connectivity index (χ1) is 13.9. The summed E-state index contributed by atoms with van der Waals surface area (Å²) in [6, 6.07) is 9.68. The molecule has 29 heavy (non-hydrogen) atoms. The first kappa shape index (κ1) is 19.4. The molecule has 6 nitrogen and oxygen atoms in total. The summed E-state index contributed by atoms with van der Waals surface area (Å²) in [5.41, 5.74) is 3.91. The fraction of sp³-hybridized carbons (Fsp3) is 0.435. The molecular formula is C23H27N3O3. The first-order valence-corrected chi connectivity index (χ1v) is 10.2. The number of rotatable bonds is 6. The maximum atomic E-state index is 12.6. The highest BCUT2D eigenvalue weighted by atomic mass is 16.5. The molecule has 2 aromatic rings. The van der Waals surface area contributed by atoms with E-state index < -0.39 is 0 Å². The minimum Gasteiger partial charge on any atom is -0.484 e. The molecule has 1 N–H and O–H groups in total. The van der Waals surface area contributed by atoms with Crippen molar-refractivity contribution in [3.63, 3.8) is 0 Å². The molecule has 1 aliphatic carbocycles. The zero-order valence-corrected chi connectivity index (χ0v) is 17.0. The fourth-order valence-electron chi connectivity index (χ4n) is 3.64. The van der Waals surface area contributed by atoms with Crippen LogP contribution >= 0.6 is 0 Å². The summed E-state index contributed by atoms with van der Waals surface area (Å²) in [6.07, 6.45) is 4.57. The summed E-state index contributed by atoms with van der Waals surface area (Å²) in [4.78, 5) is 31.3. The maximum Gasteiger partial charge on any atom is 0.258 e. The minimum atomic E-state index is -0.176. The number of carbonyl (C=O) groups is 2. The van der Waals surface area contributed by atoms with E-state index in [9.17, 15) is 9.59 Å². The number of nitrogens with one attached hydrogen (secondary N) is 1. The summed E-state index contributed by atoms with van der Waals surface area (Å²) >= 11 is 0. The third-order valence-corrected chi connectivity index (χ3v) is 5.84. The SMILES string of the molecule is Cc1ccccc1OCC(=O)NCc1cnc2c(c1)CN(C(=O)C1(C)CC1)CC2. The zero-order valence-electron chi connectivity index (χ0n) is 17.0. The lowest BCUT2D eigenvalue weighted by Crippen LogP contribution is -2.40. The number of para-hydroxylation sites is 1. The van der Waals surface area contributed by atoms with Gasteiger partial charge in [-0.05, 0) is 48.6 Å². The van der Waals surface area contributed by atoms with Gasteiger partial charge in [0.15, 0.2) is 6.61 Å². The molecule has 1 aliphatic heterocycles. The zero-order chi connectivity index (χ0) is 20.4. The summed E-state index contributed by atoms with van der Waals surface area (Å²) in [5, 5.41) is 2.88. The molecule has 1 aromatic carbocycles. The van der Waals surface area contributed by atoms with Crippen LogP contribution < -0.4 is 10.1 Å². The van der Waals surface area contributed by atoms with Crippen LogP contribution in [-0.2, 0) is 29.1 Å². The second-order valence-electron chi connectivity index (χ2n) is 8.32. The first-order valence-electron chi connectivity index (χ1n) is 10.2. The van der Waals surface area contributed by atoms with E-state index in [1.807, 2.05) is 43.0 Å². The van der Waals surface area contributed by atoms with Crippen molar-refractivity contribution in [1.82, 2.24) is 15.2 Å². The summed E-state index contributed by atoms with van der Waals surface area (Å²) in [7, 11) is 0. The number of aromatic nitrogens is 1. The van der Waals surface area contributed by atoms with E-state index >= 15 is 0 Å². The van der Waals surface area contributed by atoms with Gasteiger partial charge in [-0.2, -0.15) is 0 Å². The van der Waals surface area contributed by atoms with Crippen LogP contribution in [0.15, 0.2) is 36.5 Å². The second kappa shape index (κ2) is 7.85. The molecular weight excluding hydrogens is 366 g/mol. The molecule has 6 heteroatoms. The Hall–Kier alpha value is -2.89. The average Bonchev–Trinajstić information content (AvgIpc) is 3.49. The average molecular weight is 393 g/mol. The number of pyridine rings is 1. The van der Waals surface area contributed by atoms with Gasteiger partial charge in [0.05, 0.1) is 0 Å². The molecule has 0 saturated heterocycles. The van der Waals surface area contributed by atoms with Crippen molar-refractivity contribution in [2.24, 2.45) is 5.41 Å². The van der Waals surface area contributed by atoms with Crippen molar-refractivity contribution in [1.29, 1.82) is 0 Å². The number of benzene rings is 1. The molecule has 152 valence electrons. The molecule has 0 atom stereocenters. The normalized spacial score (nSPS) is 16.7. The van der Waals surface area contributed by atoms with Gasteiger partial charge < -0.3 is 15.0 Å². The molecule has 0 spiro atoms. The van der Waals surface area contributed by atoms with Gasteiger partial charge in [0.25, 0.3) is 5.91 Å². The predicted octanol–water partition coefficient (Wildman–Crippen LogP) is 2.77. The third-order valence-electron chi connectivity index (χ3n) is 5.84. The molecule has 2 amide bonds. The van der Waals surface area contributed by atoms with Crippen LogP contribution in [-0.4, -0.2) is 34.8 Å². The van der Waals surface area contributed by atoms with Gasteiger partial charge in [-0.25, -0.2) is 0 Å². The fourth-order valence-corrected chi connectivity index (χ4v) is 3.64. The van der Waals surface area contributed by atoms with Crippen molar-refractivity contribution in [2.75, 3.05) is 13.2 Å². The van der Waals surface area contributed by atoms with Crippen molar-refractivity contribution >= 4 is 11.8 Å². The highest BCUT2D eigenvalue weighted by molar-refractivity contribution is 5.85. The monoisotopic (exact) mass is 393 g/mol. The Morgan fingerprint density at radius 2 is 2.07 bits per heavy atom. The van der Waals surface area contributed by atoms with Crippen molar-refractivity contribution in [3.05, 3.63) is 58.9 Å². The van der Waals surface area contributed by atoms with E-state index in [0.717, 1.165) is 48.2 Å². The molecule has 2 aliphatic rings. The van der Waals surface area contributed by atoms with Gasteiger partial charge in [-0.1, -0.05) is 25.1 Å². The Bertz CT molecular complexity index is 937. The van der Waals surface area contributed by atoms with Gasteiger partial charge >= 0.3 is 0 Å². The molecule has 1 aromatic heterocycles. The third kappa shape index (κ3) is 4.42. The Kier molecular flexibility index (Phi) is 5.26. The Balaban J connectivity index is 1.31. The molecule has 1 fully saturated rings. The van der Waals surface area contributed by atoms with E-state index in [2.05, 4.69) is 16.4 Å². The second-order valence-corrected chi connectivity index (χ2v) is 8.32. The van der Waals surface area contributed by atoms with E-state index in [1.165, 1.54) is 0 Å². The highest BCUT2D eigenvalue weighted by Gasteiger charge is 2.47. The number of nitrogens with zero attached hydrogens (tertiary/aromatic N) is 2. The van der Waals surface area contributed by atoms with Gasteiger partial charge in [0, 0.05) is 43.4 Å². The number of hydrogen-bond acceptors (Lipinski definition) is 4. The van der Waals surface area contributed by atoms with Gasteiger partial charge in [0.1, 0.15) is 5.75 Å². The molecule has 0 bridgehead atoms. The quantitative estimate of drug-likeness (QED) is 0.819. The van der Waals surface area contributed by atoms with Crippen molar-refractivity contribution < 1.29 is 14.3 Å². The van der Waals surface area contributed by atoms with E-state index in [-0.39, 0.29) is 23.8 Å². The molecule has 0 unspecified atom stereocenters. The van der Waals surface area contributed by atoms with Crippen LogP contribution in [0.4, 0.5) is 0 Å². The predicted molar refractivity (Wildman–Crippen MR) is 109 cm³/mol. The van der Waals surface area contributed by atoms with Crippen LogP contribution in [0.5, 0.6) is 5.75 Å². The van der Waals surface area contributed by atoms with Gasteiger partial charge in [0.2, 0.25) is 5.91 Å². The minimum absolute atomic E-state index is 0.0237. The van der Waals surface area contributed by atoms with Crippen LogP contribution in [0.1, 0.15) is 42.1 Å². The van der Waals surface area contributed by atoms with E-state index in [0.29, 0.717) is 18.8 Å². The van der Waals surface area contributed by atoms with Crippen LogP contribution in [0.3, 0.4) is 0 Å². The molecule has 4 rings (SSSR count). The molecule has 1 saturated carbocycles. The summed E-state index contributed by atoms with van der Waals surface area (Å²) in [6.45, 7) is 5.71. The number of hydrogen-bond donors (Lipinski definition) is 1. The van der Waals surface area contributed by atoms with Crippen molar-refractivity contribution in [3.8, 4) is 5.75 Å². The van der Waals surface area contributed by atoms with Gasteiger partial charge in [-0.3, -0.25) is 14.6 Å². The Morgan fingerprint density at radius 1 is 1.28 bits per heavy atom. The van der Waals surface area contributed by atoms with Crippen LogP contribution in [0.2, 0.25) is 0 Å². The number of ether oxygens (including phenoxy) is 1. The lowest BCUT2D eigenvalue weighted by Gasteiger charge is -2.30. The molecule has 2 heterocycles. The summed E-state index contributed by atoms with van der Waals surface area (Å²) in [5.74, 6) is 0.798. The van der Waals surface area contributed by atoms with Crippen molar-refractivity contribution in [2.45, 2.75) is 46.2 Å². The Labute approximate surface area is 171 Å². The number of fused-ring (bicyclic) bond motifs is 1. The smallest absolute Gasteiger partial charge is 0.258 e. The van der Waals surface area contributed by atoms with Gasteiger partial charge in [-0.15, -0.1) is 0 Å². The summed E-state index contributed by atoms with van der Waals surface area (Å²) < 4.78 is 5.58. The molecule has 0 radical (unpaired) electrons. The lowest BCUT2D eigenvalue weighted by atomic mass is 10.0. The highest BCUT2D eigenvalue weighted by Crippen LogP contribution is 2.47. The van der Waals surface area contributed by atoms with E-state index in [1.54, 1.807) is 6.20 Å². The van der Waals surface area contributed by atoms with Crippen LogP contribution in [0.25, 0.3) is 0 Å². The standard InChI is InChI=1S/C23H27N3O3/c1-16-5-3-4-6-20(16)29-15-21(27)25-13-17-11-18-14-26(10-7-19(18)24-12-17)22(28)23(2)8-9-23/h3-6,11-12H,7-10,13-15H2,1-2H3,(H,25,27). The largest absolute Gasteiger partial charge is 0.484 e. The Morgan fingerprint density at radius 3 is 2.83 bits per heavy atom. The number of amides is 2. The maximum absolute atomic E-state index is 12.6. The number of carbonyl (C=O) groups excluding carboxylic acids is 2. The number of aryl methyl sites for hydroxylation is 1. The van der Waals surface area contributed by atoms with E-state index in [4.69, 9.17) is 4.74 Å². The topological polar surface area (TPSA) is 71.5 Å².